The molecular formula is C10H20O3. The molecular weight excluding hydrogens is 168 g/mol. The fraction of sp³-hybridized carbons (Fsp3) is 1.00. The summed E-state index contributed by atoms with van der Waals surface area (Å²) >= 11 is 0. The van der Waals surface area contributed by atoms with Gasteiger partial charge in [0.05, 0.1) is 12.2 Å². The lowest BCUT2D eigenvalue weighted by Gasteiger charge is -2.13. The third-order valence-electron chi connectivity index (χ3n) is 2.71. The maximum atomic E-state index is 9.61. The van der Waals surface area contributed by atoms with Crippen molar-refractivity contribution < 1.29 is 14.9 Å². The largest absolute Gasteiger partial charge is 0.388 e. The van der Waals surface area contributed by atoms with Crippen LogP contribution in [0.15, 0.2) is 0 Å². The Bertz CT molecular complexity index is 149. The predicted molar refractivity (Wildman–Crippen MR) is 50.5 cm³/mol. The standard InChI is InChI=1S/C10H20O3/c1-3-5-6-8-10(12)9(11)7(4-2)13-8/h7-12H,3-6H2,1-2H3/t7-,8+,9-,10+/m1/s1. The second kappa shape index (κ2) is 4.94. The van der Waals surface area contributed by atoms with Crippen molar-refractivity contribution >= 4 is 0 Å². The van der Waals surface area contributed by atoms with Gasteiger partial charge in [-0.25, -0.2) is 0 Å². The lowest BCUT2D eigenvalue weighted by atomic mass is 10.0. The highest BCUT2D eigenvalue weighted by molar-refractivity contribution is 4.89. The van der Waals surface area contributed by atoms with Crippen molar-refractivity contribution in [1.29, 1.82) is 0 Å². The van der Waals surface area contributed by atoms with Gasteiger partial charge in [0.25, 0.3) is 0 Å². The molecule has 3 nitrogen and oxygen atoms in total. The monoisotopic (exact) mass is 188 g/mol. The van der Waals surface area contributed by atoms with Crippen molar-refractivity contribution in [3.05, 3.63) is 0 Å². The second-order valence-corrected chi connectivity index (χ2v) is 3.74. The molecule has 0 unspecified atom stereocenters. The van der Waals surface area contributed by atoms with Crippen LogP contribution >= 0.6 is 0 Å². The Balaban J connectivity index is 2.40. The Morgan fingerprint density at radius 1 is 1.08 bits per heavy atom. The van der Waals surface area contributed by atoms with Gasteiger partial charge in [-0.15, -0.1) is 0 Å². The molecule has 1 saturated heterocycles. The zero-order chi connectivity index (χ0) is 9.84. The van der Waals surface area contributed by atoms with Gasteiger partial charge in [0.2, 0.25) is 0 Å². The van der Waals surface area contributed by atoms with Gasteiger partial charge in [-0.05, 0) is 12.8 Å². The lowest BCUT2D eigenvalue weighted by Crippen LogP contribution is -2.32. The Hall–Kier alpha value is -0.120. The summed E-state index contributed by atoms with van der Waals surface area (Å²) in [4.78, 5) is 0. The molecule has 0 amide bonds. The molecule has 0 aliphatic carbocycles. The van der Waals surface area contributed by atoms with E-state index in [2.05, 4.69) is 6.92 Å². The Morgan fingerprint density at radius 2 is 1.69 bits per heavy atom. The summed E-state index contributed by atoms with van der Waals surface area (Å²) in [6, 6.07) is 0. The van der Waals surface area contributed by atoms with Gasteiger partial charge in [0.15, 0.2) is 0 Å². The summed E-state index contributed by atoms with van der Waals surface area (Å²) in [5, 5.41) is 19.2. The Kier molecular flexibility index (Phi) is 4.16. The average molecular weight is 188 g/mol. The van der Waals surface area contributed by atoms with Crippen LogP contribution in [0.4, 0.5) is 0 Å². The number of rotatable bonds is 4. The molecule has 1 fully saturated rings. The van der Waals surface area contributed by atoms with Crippen LogP contribution in [0.1, 0.15) is 39.5 Å². The molecule has 2 N–H and O–H groups in total. The molecule has 3 heteroatoms. The van der Waals surface area contributed by atoms with Gasteiger partial charge in [-0.2, -0.15) is 0 Å². The van der Waals surface area contributed by atoms with Gasteiger partial charge >= 0.3 is 0 Å². The highest BCUT2D eigenvalue weighted by atomic mass is 16.5. The molecule has 0 aromatic carbocycles. The van der Waals surface area contributed by atoms with E-state index < -0.39 is 12.2 Å². The molecule has 1 aliphatic rings. The first-order chi connectivity index (χ1) is 6.20. The average Bonchev–Trinajstić information content (AvgIpc) is 2.41. The fourth-order valence-corrected chi connectivity index (χ4v) is 1.81. The van der Waals surface area contributed by atoms with E-state index in [9.17, 15) is 10.2 Å². The van der Waals surface area contributed by atoms with Crippen LogP contribution in [-0.2, 0) is 4.74 Å². The molecule has 4 atom stereocenters. The Labute approximate surface area is 79.7 Å². The van der Waals surface area contributed by atoms with Crippen molar-refractivity contribution in [1.82, 2.24) is 0 Å². The predicted octanol–water partition coefficient (Wildman–Crippen LogP) is 1.08. The number of aliphatic hydroxyl groups excluding tert-OH is 2. The molecule has 78 valence electrons. The maximum absolute atomic E-state index is 9.61. The van der Waals surface area contributed by atoms with Crippen molar-refractivity contribution in [2.24, 2.45) is 0 Å². The number of unbranched alkanes of at least 4 members (excludes halogenated alkanes) is 1. The van der Waals surface area contributed by atoms with E-state index in [1.54, 1.807) is 0 Å². The molecule has 0 bridgehead atoms. The minimum Gasteiger partial charge on any atom is -0.388 e. The number of hydrogen-bond donors (Lipinski definition) is 2. The first-order valence-corrected chi connectivity index (χ1v) is 5.22. The number of hydrogen-bond acceptors (Lipinski definition) is 3. The van der Waals surface area contributed by atoms with Crippen LogP contribution < -0.4 is 0 Å². The molecule has 0 saturated carbocycles. The third kappa shape index (κ3) is 2.42. The zero-order valence-corrected chi connectivity index (χ0v) is 8.44. The summed E-state index contributed by atoms with van der Waals surface area (Å²) in [5.74, 6) is 0. The van der Waals surface area contributed by atoms with Gasteiger partial charge in [0.1, 0.15) is 12.2 Å². The number of ether oxygens (including phenoxy) is 1. The molecule has 0 radical (unpaired) electrons. The van der Waals surface area contributed by atoms with Gasteiger partial charge in [-0.3, -0.25) is 0 Å². The van der Waals surface area contributed by atoms with Crippen molar-refractivity contribution in [2.45, 2.75) is 63.9 Å². The van der Waals surface area contributed by atoms with E-state index in [1.165, 1.54) is 0 Å². The van der Waals surface area contributed by atoms with Crippen LogP contribution in [0.5, 0.6) is 0 Å². The summed E-state index contributed by atoms with van der Waals surface area (Å²) < 4.78 is 5.54. The minimum absolute atomic E-state index is 0.153. The first-order valence-electron chi connectivity index (χ1n) is 5.22. The van der Waals surface area contributed by atoms with E-state index >= 15 is 0 Å². The number of aliphatic hydroxyl groups is 2. The molecule has 0 aromatic heterocycles. The van der Waals surface area contributed by atoms with Crippen molar-refractivity contribution in [2.75, 3.05) is 0 Å². The van der Waals surface area contributed by atoms with E-state index in [-0.39, 0.29) is 12.2 Å². The summed E-state index contributed by atoms with van der Waals surface area (Å²) in [6.07, 6.45) is 2.07. The fourth-order valence-electron chi connectivity index (χ4n) is 1.81. The van der Waals surface area contributed by atoms with Gasteiger partial charge < -0.3 is 14.9 Å². The van der Waals surface area contributed by atoms with Crippen molar-refractivity contribution in [3.63, 3.8) is 0 Å². The maximum Gasteiger partial charge on any atom is 0.109 e. The van der Waals surface area contributed by atoms with E-state index in [4.69, 9.17) is 4.74 Å². The summed E-state index contributed by atoms with van der Waals surface area (Å²) in [6.45, 7) is 4.07. The SMILES string of the molecule is CCCC[C@@H]1O[C@H](CC)[C@@H](O)[C@H]1O. The summed E-state index contributed by atoms with van der Waals surface area (Å²) in [7, 11) is 0. The summed E-state index contributed by atoms with van der Waals surface area (Å²) in [5.41, 5.74) is 0. The molecule has 1 aliphatic heterocycles. The van der Waals surface area contributed by atoms with E-state index in [0.29, 0.717) is 0 Å². The van der Waals surface area contributed by atoms with Gasteiger partial charge in [-0.1, -0.05) is 26.7 Å². The zero-order valence-electron chi connectivity index (χ0n) is 8.44. The van der Waals surface area contributed by atoms with E-state index in [0.717, 1.165) is 25.7 Å². The second-order valence-electron chi connectivity index (χ2n) is 3.74. The molecule has 0 aromatic rings. The topological polar surface area (TPSA) is 49.7 Å². The van der Waals surface area contributed by atoms with Crippen LogP contribution in [0.25, 0.3) is 0 Å². The smallest absolute Gasteiger partial charge is 0.109 e. The molecule has 1 heterocycles. The quantitative estimate of drug-likeness (QED) is 0.694. The van der Waals surface area contributed by atoms with Crippen LogP contribution in [0.3, 0.4) is 0 Å². The Morgan fingerprint density at radius 3 is 2.15 bits per heavy atom. The lowest BCUT2D eigenvalue weighted by molar-refractivity contribution is 0.00180. The van der Waals surface area contributed by atoms with Crippen molar-refractivity contribution in [3.8, 4) is 0 Å². The third-order valence-corrected chi connectivity index (χ3v) is 2.71. The van der Waals surface area contributed by atoms with E-state index in [1.807, 2.05) is 6.92 Å². The first kappa shape index (κ1) is 11.0. The van der Waals surface area contributed by atoms with Gasteiger partial charge in [0, 0.05) is 0 Å². The van der Waals surface area contributed by atoms with Crippen LogP contribution in [-0.4, -0.2) is 34.6 Å². The highest BCUT2D eigenvalue weighted by Gasteiger charge is 2.40. The minimum atomic E-state index is -0.688. The molecule has 1 rings (SSSR count). The van der Waals surface area contributed by atoms with Crippen LogP contribution in [0, 0.1) is 0 Å². The van der Waals surface area contributed by atoms with Crippen LogP contribution in [0.2, 0.25) is 0 Å². The normalized spacial score (nSPS) is 39.7. The molecule has 0 spiro atoms. The highest BCUT2D eigenvalue weighted by Crippen LogP contribution is 2.26. The molecule has 13 heavy (non-hydrogen) atoms.